The lowest BCUT2D eigenvalue weighted by atomic mass is 9.93. The van der Waals surface area contributed by atoms with Crippen LogP contribution in [0.1, 0.15) is 18.1 Å². The molecule has 3 heterocycles. The molecule has 5 rings (SSSR count). The van der Waals surface area contributed by atoms with Crippen LogP contribution in [0.2, 0.25) is 0 Å². The SMILES string of the molecule is CCOc1cc2c(cc1C)-c1cc3ccc4c(c3c[n+]1CC2)OCO4. The van der Waals surface area contributed by atoms with E-state index >= 15 is 0 Å². The Hall–Kier alpha value is -2.75. The maximum absolute atomic E-state index is 5.77. The molecule has 0 saturated heterocycles. The van der Waals surface area contributed by atoms with Crippen molar-refractivity contribution in [3.05, 3.63) is 47.7 Å². The van der Waals surface area contributed by atoms with Gasteiger partial charge in [-0.05, 0) is 54.6 Å². The summed E-state index contributed by atoms with van der Waals surface area (Å²) in [6.45, 7) is 6.10. The predicted molar refractivity (Wildman–Crippen MR) is 95.3 cm³/mol. The Bertz CT molecular complexity index is 1010. The molecule has 0 saturated carbocycles. The number of aryl methyl sites for hydroxylation is 3. The smallest absolute Gasteiger partial charge is 0.231 e. The maximum atomic E-state index is 5.77. The summed E-state index contributed by atoms with van der Waals surface area (Å²) < 4.78 is 19.3. The van der Waals surface area contributed by atoms with Crippen LogP contribution in [0.5, 0.6) is 17.2 Å². The van der Waals surface area contributed by atoms with Crippen LogP contribution < -0.4 is 18.8 Å². The summed E-state index contributed by atoms with van der Waals surface area (Å²) >= 11 is 0. The van der Waals surface area contributed by atoms with Crippen molar-refractivity contribution >= 4 is 10.8 Å². The van der Waals surface area contributed by atoms with Gasteiger partial charge in [0, 0.05) is 12.5 Å². The van der Waals surface area contributed by atoms with E-state index in [2.05, 4.69) is 42.0 Å². The predicted octanol–water partition coefficient (Wildman–Crippen LogP) is 3.79. The molecule has 0 spiro atoms. The van der Waals surface area contributed by atoms with Crippen molar-refractivity contribution in [2.24, 2.45) is 0 Å². The van der Waals surface area contributed by atoms with Gasteiger partial charge in [0.15, 0.2) is 24.2 Å². The number of fused-ring (bicyclic) bond motifs is 6. The largest absolute Gasteiger partial charge is 0.494 e. The molecule has 0 radical (unpaired) electrons. The van der Waals surface area contributed by atoms with Crippen LogP contribution in [0.3, 0.4) is 0 Å². The van der Waals surface area contributed by atoms with Crippen molar-refractivity contribution in [1.29, 1.82) is 0 Å². The van der Waals surface area contributed by atoms with Gasteiger partial charge in [0.2, 0.25) is 12.5 Å². The van der Waals surface area contributed by atoms with Crippen molar-refractivity contribution < 1.29 is 18.8 Å². The van der Waals surface area contributed by atoms with E-state index < -0.39 is 0 Å². The number of aromatic nitrogens is 1. The van der Waals surface area contributed by atoms with Crippen LogP contribution in [-0.2, 0) is 13.0 Å². The van der Waals surface area contributed by atoms with Gasteiger partial charge in [0.25, 0.3) is 0 Å². The van der Waals surface area contributed by atoms with Gasteiger partial charge in [-0.3, -0.25) is 0 Å². The van der Waals surface area contributed by atoms with Gasteiger partial charge >= 0.3 is 0 Å². The van der Waals surface area contributed by atoms with E-state index in [1.807, 2.05) is 13.0 Å². The molecule has 4 heteroatoms. The zero-order valence-electron chi connectivity index (χ0n) is 14.5. The highest BCUT2D eigenvalue weighted by Gasteiger charge is 2.27. The van der Waals surface area contributed by atoms with Crippen LogP contribution in [0, 0.1) is 6.92 Å². The van der Waals surface area contributed by atoms with Crippen LogP contribution >= 0.6 is 0 Å². The standard InChI is InChI=1S/C21H20NO3/c1-3-23-20-10-15-6-7-22-11-17-14(4-5-19-21(17)25-12-24-19)9-18(22)16(15)8-13(20)2/h4-5,8-11H,3,6-7,12H2,1-2H3/q+1. The molecular weight excluding hydrogens is 314 g/mol. The molecule has 2 aliphatic heterocycles. The molecule has 0 N–H and O–H groups in total. The number of rotatable bonds is 2. The van der Waals surface area contributed by atoms with E-state index in [0.717, 1.165) is 35.6 Å². The molecule has 126 valence electrons. The number of hydrogen-bond donors (Lipinski definition) is 0. The number of ether oxygens (including phenoxy) is 3. The molecular formula is C21H20NO3+. The number of hydrogen-bond acceptors (Lipinski definition) is 3. The van der Waals surface area contributed by atoms with E-state index in [1.54, 1.807) is 0 Å². The second-order valence-corrected chi connectivity index (χ2v) is 6.61. The topological polar surface area (TPSA) is 31.6 Å². The molecule has 0 atom stereocenters. The van der Waals surface area contributed by atoms with E-state index in [0.29, 0.717) is 13.4 Å². The first-order valence-electron chi connectivity index (χ1n) is 8.77. The fraction of sp³-hybridized carbons (Fsp3) is 0.286. The first kappa shape index (κ1) is 14.6. The quantitative estimate of drug-likeness (QED) is 0.668. The van der Waals surface area contributed by atoms with E-state index in [9.17, 15) is 0 Å². The highest BCUT2D eigenvalue weighted by molar-refractivity contribution is 5.92. The Kier molecular flexibility index (Phi) is 3.14. The monoisotopic (exact) mass is 334 g/mol. The Morgan fingerprint density at radius 1 is 1.16 bits per heavy atom. The lowest BCUT2D eigenvalue weighted by molar-refractivity contribution is -0.686. The maximum Gasteiger partial charge on any atom is 0.231 e. The van der Waals surface area contributed by atoms with Crippen molar-refractivity contribution in [1.82, 2.24) is 0 Å². The van der Waals surface area contributed by atoms with Crippen LogP contribution in [-0.4, -0.2) is 13.4 Å². The highest BCUT2D eigenvalue weighted by Crippen LogP contribution is 2.40. The highest BCUT2D eigenvalue weighted by atomic mass is 16.7. The van der Waals surface area contributed by atoms with Crippen LogP contribution in [0.4, 0.5) is 0 Å². The van der Waals surface area contributed by atoms with Crippen molar-refractivity contribution in [2.45, 2.75) is 26.8 Å². The fourth-order valence-electron chi connectivity index (χ4n) is 3.87. The molecule has 25 heavy (non-hydrogen) atoms. The molecule has 0 amide bonds. The molecule has 2 aromatic carbocycles. The van der Waals surface area contributed by atoms with Gasteiger partial charge in [0.05, 0.1) is 17.6 Å². The van der Waals surface area contributed by atoms with Gasteiger partial charge in [0.1, 0.15) is 5.75 Å². The Morgan fingerprint density at radius 3 is 2.96 bits per heavy atom. The molecule has 0 bridgehead atoms. The molecule has 0 unspecified atom stereocenters. The average Bonchev–Trinajstić information content (AvgIpc) is 3.10. The molecule has 1 aromatic heterocycles. The zero-order valence-corrected chi connectivity index (χ0v) is 14.5. The third-order valence-corrected chi connectivity index (χ3v) is 5.10. The zero-order chi connectivity index (χ0) is 17.0. The van der Waals surface area contributed by atoms with Gasteiger partial charge < -0.3 is 14.2 Å². The lowest BCUT2D eigenvalue weighted by Gasteiger charge is -2.18. The summed E-state index contributed by atoms with van der Waals surface area (Å²) in [5.41, 5.74) is 5.08. The van der Waals surface area contributed by atoms with Crippen molar-refractivity contribution in [3.8, 4) is 28.5 Å². The second-order valence-electron chi connectivity index (χ2n) is 6.61. The number of benzene rings is 2. The first-order chi connectivity index (χ1) is 12.2. The van der Waals surface area contributed by atoms with E-state index in [1.165, 1.54) is 27.8 Å². The minimum Gasteiger partial charge on any atom is -0.494 e. The lowest BCUT2D eigenvalue weighted by Crippen LogP contribution is -2.40. The molecule has 2 aliphatic rings. The summed E-state index contributed by atoms with van der Waals surface area (Å²) in [5.74, 6) is 2.70. The van der Waals surface area contributed by atoms with Crippen LogP contribution in [0.15, 0.2) is 36.5 Å². The summed E-state index contributed by atoms with van der Waals surface area (Å²) in [5, 5.41) is 2.29. The summed E-state index contributed by atoms with van der Waals surface area (Å²) in [7, 11) is 0. The molecule has 0 fully saturated rings. The van der Waals surface area contributed by atoms with Crippen molar-refractivity contribution in [2.75, 3.05) is 13.4 Å². The minimum absolute atomic E-state index is 0.304. The Labute approximate surface area is 146 Å². The Morgan fingerprint density at radius 2 is 2.08 bits per heavy atom. The number of pyridine rings is 1. The minimum atomic E-state index is 0.304. The average molecular weight is 334 g/mol. The first-order valence-corrected chi connectivity index (χ1v) is 8.77. The number of nitrogens with zero attached hydrogens (tertiary/aromatic N) is 1. The van der Waals surface area contributed by atoms with Crippen LogP contribution in [0.25, 0.3) is 22.0 Å². The second kappa shape index (κ2) is 5.38. The fourth-order valence-corrected chi connectivity index (χ4v) is 3.87. The Balaban J connectivity index is 1.71. The third-order valence-electron chi connectivity index (χ3n) is 5.10. The molecule has 3 aromatic rings. The third kappa shape index (κ3) is 2.17. The van der Waals surface area contributed by atoms with E-state index in [4.69, 9.17) is 14.2 Å². The molecule has 0 aliphatic carbocycles. The van der Waals surface area contributed by atoms with Gasteiger partial charge in [-0.1, -0.05) is 0 Å². The molecule has 4 nitrogen and oxygen atoms in total. The van der Waals surface area contributed by atoms with Gasteiger partial charge in [-0.2, -0.15) is 4.57 Å². The summed E-state index contributed by atoms with van der Waals surface area (Å²) in [6, 6.07) is 10.8. The summed E-state index contributed by atoms with van der Waals surface area (Å²) in [6.07, 6.45) is 3.21. The van der Waals surface area contributed by atoms with E-state index in [-0.39, 0.29) is 0 Å². The summed E-state index contributed by atoms with van der Waals surface area (Å²) in [4.78, 5) is 0. The van der Waals surface area contributed by atoms with Gasteiger partial charge in [-0.25, -0.2) is 0 Å². The van der Waals surface area contributed by atoms with Gasteiger partial charge in [-0.15, -0.1) is 0 Å². The normalized spacial score (nSPS) is 14.3. The van der Waals surface area contributed by atoms with Crippen molar-refractivity contribution in [3.63, 3.8) is 0 Å².